The first-order chi connectivity index (χ1) is 24.3. The smallest absolute Gasteiger partial charge is 0.325 e. The van der Waals surface area contributed by atoms with Crippen LogP contribution in [-0.2, 0) is 16.0 Å². The van der Waals surface area contributed by atoms with Gasteiger partial charge in [0.1, 0.15) is 11.8 Å². The van der Waals surface area contributed by atoms with Gasteiger partial charge in [0.2, 0.25) is 5.91 Å². The van der Waals surface area contributed by atoms with Crippen LogP contribution in [-0.4, -0.2) is 58.5 Å². The minimum absolute atomic E-state index is 0.0420. The molecule has 1 aromatic heterocycles. The van der Waals surface area contributed by atoms with Crippen LogP contribution in [0.25, 0.3) is 22.5 Å². The number of anilines is 1. The van der Waals surface area contributed by atoms with Crippen molar-refractivity contribution in [1.82, 2.24) is 15.3 Å². The Balaban J connectivity index is 1.20. The number of ether oxygens (including phenoxy) is 1. The number of carboxylic acid groups (broad SMARTS) is 1. The first-order valence-corrected chi connectivity index (χ1v) is 17.9. The summed E-state index contributed by atoms with van der Waals surface area (Å²) >= 11 is 0. The lowest BCUT2D eigenvalue weighted by Crippen LogP contribution is -2.42. The number of aliphatic carboxylic acids is 1. The molecule has 2 N–H and O–H groups in total. The summed E-state index contributed by atoms with van der Waals surface area (Å²) in [5, 5.41) is 11.9. The summed E-state index contributed by atoms with van der Waals surface area (Å²) in [5.41, 5.74) is 5.18. The molecular formula is C41H48N4O5. The van der Waals surface area contributed by atoms with Crippen molar-refractivity contribution >= 4 is 23.3 Å². The monoisotopic (exact) mass is 676 g/mol. The van der Waals surface area contributed by atoms with Crippen molar-refractivity contribution in [2.24, 2.45) is 5.92 Å². The molecule has 0 aliphatic carbocycles. The van der Waals surface area contributed by atoms with E-state index in [2.05, 4.69) is 27.1 Å². The van der Waals surface area contributed by atoms with Gasteiger partial charge in [-0.3, -0.25) is 14.4 Å². The van der Waals surface area contributed by atoms with Crippen LogP contribution < -0.4 is 15.0 Å². The van der Waals surface area contributed by atoms with Crippen molar-refractivity contribution in [2.45, 2.75) is 77.7 Å². The van der Waals surface area contributed by atoms with Crippen LogP contribution >= 0.6 is 0 Å². The Morgan fingerprint density at radius 3 is 2.10 bits per heavy atom. The van der Waals surface area contributed by atoms with Crippen LogP contribution in [0.3, 0.4) is 0 Å². The molecular weight excluding hydrogens is 628 g/mol. The molecule has 1 fully saturated rings. The molecule has 262 valence electrons. The molecule has 1 saturated heterocycles. The van der Waals surface area contributed by atoms with Crippen molar-refractivity contribution in [1.29, 1.82) is 0 Å². The zero-order valence-electron chi connectivity index (χ0n) is 29.1. The van der Waals surface area contributed by atoms with Crippen molar-refractivity contribution in [3.63, 3.8) is 0 Å². The van der Waals surface area contributed by atoms with E-state index in [1.165, 1.54) is 32.6 Å². The standard InChI is InChI=1S/C41H48N4O5/c1-3-4-5-6-9-24-50-37-20-16-31(17-21-37)35-27-42-39(43-28-35)33-12-10-30(11-13-33)25-34(40(47)44-29(2)41(48)49)26-38(46)32-14-18-36(19-15-32)45-22-7-8-23-45/h10-21,27-29,34H,3-9,22-26H2,1-2H3,(H,44,47)(H,48,49)/t29-,34+/m0/s1. The number of rotatable bonds is 18. The second-order valence-electron chi connectivity index (χ2n) is 13.1. The average molecular weight is 677 g/mol. The molecule has 5 rings (SSSR count). The van der Waals surface area contributed by atoms with E-state index in [-0.39, 0.29) is 18.6 Å². The van der Waals surface area contributed by atoms with Gasteiger partial charge in [-0.15, -0.1) is 0 Å². The molecule has 9 heteroatoms. The summed E-state index contributed by atoms with van der Waals surface area (Å²) in [5.74, 6) is -1.08. The molecule has 3 aromatic carbocycles. The van der Waals surface area contributed by atoms with E-state index in [4.69, 9.17) is 4.74 Å². The summed E-state index contributed by atoms with van der Waals surface area (Å²) in [6, 6.07) is 22.0. The van der Waals surface area contributed by atoms with E-state index in [9.17, 15) is 19.5 Å². The highest BCUT2D eigenvalue weighted by Gasteiger charge is 2.26. The normalized spacial score (nSPS) is 13.8. The van der Waals surface area contributed by atoms with E-state index in [0.29, 0.717) is 11.4 Å². The van der Waals surface area contributed by atoms with Gasteiger partial charge in [0, 0.05) is 60.2 Å². The lowest BCUT2D eigenvalue weighted by molar-refractivity contribution is -0.141. The number of unbranched alkanes of at least 4 members (excludes halogenated alkanes) is 4. The lowest BCUT2D eigenvalue weighted by Gasteiger charge is -2.19. The fourth-order valence-electron chi connectivity index (χ4n) is 6.17. The van der Waals surface area contributed by atoms with Gasteiger partial charge < -0.3 is 20.1 Å². The number of hydrogen-bond acceptors (Lipinski definition) is 7. The summed E-state index contributed by atoms with van der Waals surface area (Å²) < 4.78 is 5.89. The summed E-state index contributed by atoms with van der Waals surface area (Å²) in [6.45, 7) is 6.38. The minimum atomic E-state index is -1.13. The molecule has 1 amide bonds. The Kier molecular flexibility index (Phi) is 13.1. The predicted molar refractivity (Wildman–Crippen MR) is 196 cm³/mol. The van der Waals surface area contributed by atoms with Gasteiger partial charge in [-0.05, 0) is 80.1 Å². The number of carbonyl (C=O) groups is 3. The molecule has 0 saturated carbocycles. The molecule has 1 aliphatic rings. The number of benzene rings is 3. The third kappa shape index (κ3) is 10.2. The Morgan fingerprint density at radius 2 is 1.46 bits per heavy atom. The van der Waals surface area contributed by atoms with E-state index in [1.807, 2.05) is 72.8 Å². The number of nitrogens with one attached hydrogen (secondary N) is 1. The molecule has 0 bridgehead atoms. The maximum Gasteiger partial charge on any atom is 0.325 e. The molecule has 50 heavy (non-hydrogen) atoms. The Morgan fingerprint density at radius 1 is 0.820 bits per heavy atom. The van der Waals surface area contributed by atoms with Gasteiger partial charge in [0.25, 0.3) is 0 Å². The Labute approximate surface area is 295 Å². The van der Waals surface area contributed by atoms with Gasteiger partial charge >= 0.3 is 5.97 Å². The van der Waals surface area contributed by atoms with E-state index in [1.54, 1.807) is 12.4 Å². The average Bonchev–Trinajstić information content (AvgIpc) is 3.69. The zero-order valence-corrected chi connectivity index (χ0v) is 29.1. The Hall–Kier alpha value is -5.05. The van der Waals surface area contributed by atoms with E-state index < -0.39 is 23.8 Å². The topological polar surface area (TPSA) is 122 Å². The molecule has 0 spiro atoms. The van der Waals surface area contributed by atoms with E-state index >= 15 is 0 Å². The molecule has 2 atom stereocenters. The molecule has 2 heterocycles. The lowest BCUT2D eigenvalue weighted by atomic mass is 9.90. The maximum atomic E-state index is 13.3. The second-order valence-corrected chi connectivity index (χ2v) is 13.1. The number of Topliss-reactive ketones (excluding diaryl/α,β-unsaturated/α-hetero) is 1. The van der Waals surface area contributed by atoms with Crippen LogP contribution in [0.15, 0.2) is 85.2 Å². The molecule has 0 unspecified atom stereocenters. The predicted octanol–water partition coefficient (Wildman–Crippen LogP) is 7.78. The first-order valence-electron chi connectivity index (χ1n) is 17.9. The largest absolute Gasteiger partial charge is 0.494 e. The maximum absolute atomic E-state index is 13.3. The van der Waals surface area contributed by atoms with Crippen molar-refractivity contribution in [3.05, 3.63) is 96.3 Å². The van der Waals surface area contributed by atoms with Crippen LogP contribution in [0.1, 0.15) is 81.1 Å². The third-order valence-electron chi connectivity index (χ3n) is 9.24. The Bertz CT molecular complexity index is 1680. The molecule has 9 nitrogen and oxygen atoms in total. The number of amides is 1. The van der Waals surface area contributed by atoms with Gasteiger partial charge in [0.15, 0.2) is 11.6 Å². The quantitative estimate of drug-likeness (QED) is 0.0810. The first kappa shape index (κ1) is 36.2. The number of hydrogen-bond donors (Lipinski definition) is 2. The van der Waals surface area contributed by atoms with Crippen LogP contribution in [0.5, 0.6) is 5.75 Å². The molecule has 1 aliphatic heterocycles. The SMILES string of the molecule is CCCCCCCOc1ccc(-c2cnc(-c3ccc(C[C@H](CC(=O)c4ccc(N5CCCC5)cc4)C(=O)N[C@@H](C)C(=O)O)cc3)nc2)cc1. The van der Waals surface area contributed by atoms with Gasteiger partial charge in [-0.2, -0.15) is 0 Å². The highest BCUT2D eigenvalue weighted by Crippen LogP contribution is 2.26. The number of carboxylic acids is 1. The van der Waals surface area contributed by atoms with Gasteiger partial charge in [0.05, 0.1) is 6.61 Å². The number of aromatic nitrogens is 2. The number of ketones is 1. The van der Waals surface area contributed by atoms with Crippen molar-refractivity contribution in [2.75, 3.05) is 24.6 Å². The van der Waals surface area contributed by atoms with Crippen LogP contribution in [0.4, 0.5) is 5.69 Å². The third-order valence-corrected chi connectivity index (χ3v) is 9.24. The van der Waals surface area contributed by atoms with Crippen LogP contribution in [0, 0.1) is 5.92 Å². The second kappa shape index (κ2) is 18.1. The molecule has 0 radical (unpaired) electrons. The number of nitrogens with zero attached hydrogens (tertiary/aromatic N) is 3. The van der Waals surface area contributed by atoms with Crippen molar-refractivity contribution < 1.29 is 24.2 Å². The van der Waals surface area contributed by atoms with Crippen molar-refractivity contribution in [3.8, 4) is 28.3 Å². The highest BCUT2D eigenvalue weighted by atomic mass is 16.5. The zero-order chi connectivity index (χ0) is 35.3. The van der Waals surface area contributed by atoms with Gasteiger partial charge in [-0.25, -0.2) is 9.97 Å². The minimum Gasteiger partial charge on any atom is -0.494 e. The number of carbonyl (C=O) groups excluding carboxylic acids is 2. The van der Waals surface area contributed by atoms with Gasteiger partial charge in [-0.1, -0.05) is 69.0 Å². The fraction of sp³-hybridized carbons (Fsp3) is 0.390. The summed E-state index contributed by atoms with van der Waals surface area (Å²) in [4.78, 5) is 49.5. The summed E-state index contributed by atoms with van der Waals surface area (Å²) in [6.07, 6.45) is 12.2. The highest BCUT2D eigenvalue weighted by molar-refractivity contribution is 5.99. The van der Waals surface area contributed by atoms with E-state index in [0.717, 1.165) is 72.6 Å². The van der Waals surface area contributed by atoms with Crippen LogP contribution in [0.2, 0.25) is 0 Å². The summed E-state index contributed by atoms with van der Waals surface area (Å²) in [7, 11) is 0. The fourth-order valence-corrected chi connectivity index (χ4v) is 6.17. The molecule has 4 aromatic rings.